The third-order valence-corrected chi connectivity index (χ3v) is 6.52. The van der Waals surface area contributed by atoms with Crippen molar-refractivity contribution in [1.82, 2.24) is 18.6 Å². The van der Waals surface area contributed by atoms with E-state index in [2.05, 4.69) is 9.71 Å². The molecule has 0 aliphatic carbocycles. The highest BCUT2D eigenvalue weighted by molar-refractivity contribution is 7.87. The molecule has 3 aromatic rings. The standard InChI is InChI=1S/C20H22ClFN4O3S/c1-25-12-11-23-20(25)19(14-7-9-15(29-3)10-8-14)24-30(27,28)26(2)13-16-17(21)5-4-6-18(16)22/h4-12,19,24H,13H2,1-3H3. The average Bonchev–Trinajstić information content (AvgIpc) is 3.14. The summed E-state index contributed by atoms with van der Waals surface area (Å²) in [5, 5.41) is 0.160. The Morgan fingerprint density at radius 1 is 1.27 bits per heavy atom. The normalized spacial score (nSPS) is 12.9. The van der Waals surface area contributed by atoms with E-state index in [1.54, 1.807) is 55.4 Å². The molecule has 160 valence electrons. The zero-order chi connectivity index (χ0) is 21.9. The molecule has 0 saturated carbocycles. The summed E-state index contributed by atoms with van der Waals surface area (Å²) >= 11 is 6.05. The lowest BCUT2D eigenvalue weighted by Gasteiger charge is -2.24. The minimum atomic E-state index is -4.02. The Kier molecular flexibility index (Phi) is 6.77. The van der Waals surface area contributed by atoms with Crippen molar-refractivity contribution in [2.24, 2.45) is 7.05 Å². The van der Waals surface area contributed by atoms with E-state index >= 15 is 0 Å². The summed E-state index contributed by atoms with van der Waals surface area (Å²) in [5.74, 6) is 0.577. The maximum absolute atomic E-state index is 14.1. The molecule has 0 fully saturated rings. The number of nitrogens with one attached hydrogen (secondary N) is 1. The van der Waals surface area contributed by atoms with Gasteiger partial charge in [-0.15, -0.1) is 0 Å². The smallest absolute Gasteiger partial charge is 0.280 e. The van der Waals surface area contributed by atoms with Gasteiger partial charge in [0.1, 0.15) is 23.4 Å². The monoisotopic (exact) mass is 452 g/mol. The predicted octanol–water partition coefficient (Wildman–Crippen LogP) is 3.28. The summed E-state index contributed by atoms with van der Waals surface area (Å²) in [5.41, 5.74) is 0.774. The van der Waals surface area contributed by atoms with Crippen LogP contribution in [0.5, 0.6) is 5.75 Å². The van der Waals surface area contributed by atoms with Crippen molar-refractivity contribution in [2.45, 2.75) is 12.6 Å². The highest BCUT2D eigenvalue weighted by Gasteiger charge is 2.28. The Hall–Kier alpha value is -2.46. The highest BCUT2D eigenvalue weighted by atomic mass is 35.5. The Labute approximate surface area is 180 Å². The van der Waals surface area contributed by atoms with Crippen LogP contribution in [0, 0.1) is 5.82 Å². The second-order valence-corrected chi connectivity index (χ2v) is 8.90. The number of imidazole rings is 1. The van der Waals surface area contributed by atoms with E-state index in [0.717, 1.165) is 4.31 Å². The van der Waals surface area contributed by atoms with Gasteiger partial charge in [-0.3, -0.25) is 0 Å². The molecule has 0 bridgehead atoms. The average molecular weight is 453 g/mol. The summed E-state index contributed by atoms with van der Waals surface area (Å²) in [4.78, 5) is 4.30. The zero-order valence-electron chi connectivity index (χ0n) is 16.7. The Morgan fingerprint density at radius 3 is 2.53 bits per heavy atom. The topological polar surface area (TPSA) is 76.5 Å². The van der Waals surface area contributed by atoms with E-state index in [4.69, 9.17) is 16.3 Å². The Balaban J connectivity index is 1.91. The van der Waals surface area contributed by atoms with Crippen LogP contribution in [-0.2, 0) is 23.8 Å². The number of halogens is 2. The number of hydrogen-bond acceptors (Lipinski definition) is 4. The van der Waals surface area contributed by atoms with Crippen LogP contribution in [0.15, 0.2) is 54.9 Å². The van der Waals surface area contributed by atoms with Gasteiger partial charge in [-0.2, -0.15) is 17.4 Å². The minimum Gasteiger partial charge on any atom is -0.497 e. The predicted molar refractivity (Wildman–Crippen MR) is 113 cm³/mol. The SMILES string of the molecule is COc1ccc(C(NS(=O)(=O)N(C)Cc2c(F)cccc2Cl)c2nccn2C)cc1. The molecule has 0 aliphatic heterocycles. The van der Waals surface area contributed by atoms with Crippen LogP contribution in [0.1, 0.15) is 23.0 Å². The van der Waals surface area contributed by atoms with E-state index < -0.39 is 22.1 Å². The van der Waals surface area contributed by atoms with E-state index in [9.17, 15) is 12.8 Å². The molecule has 0 radical (unpaired) electrons. The maximum Gasteiger partial charge on any atom is 0.280 e. The zero-order valence-corrected chi connectivity index (χ0v) is 18.3. The van der Waals surface area contributed by atoms with Crippen molar-refractivity contribution in [3.63, 3.8) is 0 Å². The third-order valence-electron chi connectivity index (χ3n) is 4.69. The van der Waals surface area contributed by atoms with Crippen molar-refractivity contribution < 1.29 is 17.5 Å². The molecule has 10 heteroatoms. The Bertz CT molecular complexity index is 1100. The maximum atomic E-state index is 14.1. The van der Waals surface area contributed by atoms with Gasteiger partial charge in [0.2, 0.25) is 0 Å². The molecule has 1 unspecified atom stereocenters. The molecule has 3 rings (SSSR count). The number of rotatable bonds is 8. The lowest BCUT2D eigenvalue weighted by molar-refractivity contribution is 0.414. The summed E-state index contributed by atoms with van der Waals surface area (Å²) in [6.07, 6.45) is 3.31. The van der Waals surface area contributed by atoms with E-state index in [0.29, 0.717) is 17.1 Å². The second kappa shape index (κ2) is 9.13. The van der Waals surface area contributed by atoms with Crippen molar-refractivity contribution >= 4 is 21.8 Å². The van der Waals surface area contributed by atoms with Crippen LogP contribution in [0.4, 0.5) is 4.39 Å². The van der Waals surface area contributed by atoms with Gasteiger partial charge in [0.15, 0.2) is 0 Å². The van der Waals surface area contributed by atoms with E-state index in [1.807, 2.05) is 0 Å². The van der Waals surface area contributed by atoms with Gasteiger partial charge in [-0.05, 0) is 29.8 Å². The van der Waals surface area contributed by atoms with E-state index in [1.165, 1.54) is 25.2 Å². The molecular weight excluding hydrogens is 431 g/mol. The molecule has 7 nitrogen and oxygen atoms in total. The molecule has 2 aromatic carbocycles. The quantitative estimate of drug-likeness (QED) is 0.569. The molecule has 0 amide bonds. The van der Waals surface area contributed by atoms with Crippen molar-refractivity contribution in [2.75, 3.05) is 14.2 Å². The van der Waals surface area contributed by atoms with Crippen LogP contribution >= 0.6 is 11.6 Å². The lowest BCUT2D eigenvalue weighted by atomic mass is 10.1. The van der Waals surface area contributed by atoms with Gasteiger partial charge in [0.25, 0.3) is 10.2 Å². The molecule has 30 heavy (non-hydrogen) atoms. The summed E-state index contributed by atoms with van der Waals surface area (Å²) in [7, 11) is 0.657. The molecule has 1 N–H and O–H groups in total. The molecule has 1 aromatic heterocycles. The largest absolute Gasteiger partial charge is 0.497 e. The van der Waals surface area contributed by atoms with Gasteiger partial charge in [0.05, 0.1) is 7.11 Å². The molecular formula is C20H22ClFN4O3S. The van der Waals surface area contributed by atoms with Crippen LogP contribution in [0.25, 0.3) is 0 Å². The number of methoxy groups -OCH3 is 1. The van der Waals surface area contributed by atoms with Gasteiger partial charge in [-0.1, -0.05) is 29.8 Å². The first-order chi connectivity index (χ1) is 14.2. The number of ether oxygens (including phenoxy) is 1. The third kappa shape index (κ3) is 4.81. The number of aryl methyl sites for hydroxylation is 1. The van der Waals surface area contributed by atoms with Crippen molar-refractivity contribution in [3.8, 4) is 5.75 Å². The van der Waals surface area contributed by atoms with Crippen LogP contribution in [0.2, 0.25) is 5.02 Å². The fourth-order valence-electron chi connectivity index (χ4n) is 2.95. The van der Waals surface area contributed by atoms with E-state index in [-0.39, 0.29) is 17.1 Å². The molecule has 1 atom stereocenters. The van der Waals surface area contributed by atoms with Crippen LogP contribution in [-0.4, -0.2) is 36.4 Å². The van der Waals surface area contributed by atoms with Crippen LogP contribution in [0.3, 0.4) is 0 Å². The van der Waals surface area contributed by atoms with Crippen molar-refractivity contribution in [3.05, 3.63) is 82.6 Å². The number of hydrogen-bond donors (Lipinski definition) is 1. The van der Waals surface area contributed by atoms with Gasteiger partial charge < -0.3 is 9.30 Å². The Morgan fingerprint density at radius 2 is 1.97 bits per heavy atom. The fraction of sp³-hybridized carbons (Fsp3) is 0.250. The first-order valence-corrected chi connectivity index (χ1v) is 10.8. The second-order valence-electron chi connectivity index (χ2n) is 6.68. The molecule has 1 heterocycles. The summed E-state index contributed by atoms with van der Waals surface area (Å²) in [6, 6.07) is 10.5. The lowest BCUT2D eigenvalue weighted by Crippen LogP contribution is -2.41. The van der Waals surface area contributed by atoms with Gasteiger partial charge in [0, 0.05) is 43.6 Å². The summed E-state index contributed by atoms with van der Waals surface area (Å²) < 4.78 is 50.8. The van der Waals surface area contributed by atoms with Gasteiger partial charge in [-0.25, -0.2) is 9.37 Å². The highest BCUT2D eigenvalue weighted by Crippen LogP contribution is 2.26. The summed E-state index contributed by atoms with van der Waals surface area (Å²) in [6.45, 7) is -0.225. The fourth-order valence-corrected chi connectivity index (χ4v) is 4.19. The minimum absolute atomic E-state index is 0.102. The van der Waals surface area contributed by atoms with Crippen LogP contribution < -0.4 is 9.46 Å². The number of nitrogens with zero attached hydrogens (tertiary/aromatic N) is 3. The van der Waals surface area contributed by atoms with Gasteiger partial charge >= 0.3 is 0 Å². The van der Waals surface area contributed by atoms with Crippen molar-refractivity contribution in [1.29, 1.82) is 0 Å². The molecule has 0 aliphatic rings. The first kappa shape index (κ1) is 22.2. The molecule has 0 saturated heterocycles. The first-order valence-electron chi connectivity index (χ1n) is 9.00. The number of aromatic nitrogens is 2. The number of benzene rings is 2. The molecule has 0 spiro atoms.